The molecule has 2 bridgehead atoms. The molecule has 2 aliphatic rings. The lowest BCUT2D eigenvalue weighted by molar-refractivity contribution is 0.396. The Morgan fingerprint density at radius 2 is 1.75 bits per heavy atom. The predicted molar refractivity (Wildman–Crippen MR) is 66.7 cm³/mol. The van der Waals surface area contributed by atoms with E-state index in [1.807, 2.05) is 12.1 Å². The van der Waals surface area contributed by atoms with E-state index in [0.717, 1.165) is 17.9 Å². The van der Waals surface area contributed by atoms with E-state index in [0.29, 0.717) is 11.8 Å². The van der Waals surface area contributed by atoms with Crippen LogP contribution in [0, 0.1) is 0 Å². The molecule has 1 aromatic rings. The first kappa shape index (κ1) is 10.2. The van der Waals surface area contributed by atoms with Crippen molar-refractivity contribution in [2.24, 2.45) is 0 Å². The van der Waals surface area contributed by atoms with Crippen LogP contribution in [0.15, 0.2) is 22.7 Å². The number of benzene rings is 1. The zero-order valence-electron chi connectivity index (χ0n) is 9.29. The third kappa shape index (κ3) is 1.18. The second-order valence-corrected chi connectivity index (χ2v) is 5.16. The lowest BCUT2D eigenvalue weighted by Crippen LogP contribution is -2.02. The van der Waals surface area contributed by atoms with E-state index in [-0.39, 0.29) is 0 Å². The molecule has 0 saturated carbocycles. The molecule has 3 rings (SSSR count). The molecule has 0 spiro atoms. The van der Waals surface area contributed by atoms with E-state index in [1.54, 1.807) is 14.2 Å². The fourth-order valence-electron chi connectivity index (χ4n) is 2.89. The van der Waals surface area contributed by atoms with Gasteiger partial charge in [-0.15, -0.1) is 0 Å². The van der Waals surface area contributed by atoms with Gasteiger partial charge in [0, 0.05) is 23.0 Å². The van der Waals surface area contributed by atoms with Gasteiger partial charge in [0.1, 0.15) is 11.5 Å². The molecule has 2 nitrogen and oxygen atoms in total. The third-order valence-electron chi connectivity index (χ3n) is 3.55. The Morgan fingerprint density at radius 1 is 1.12 bits per heavy atom. The van der Waals surface area contributed by atoms with Crippen LogP contribution in [-0.4, -0.2) is 14.2 Å². The van der Waals surface area contributed by atoms with Gasteiger partial charge >= 0.3 is 0 Å². The van der Waals surface area contributed by atoms with Crippen molar-refractivity contribution in [1.29, 1.82) is 0 Å². The first-order valence-electron chi connectivity index (χ1n) is 5.38. The molecule has 0 heterocycles. The second kappa shape index (κ2) is 3.52. The molecular formula is C13H13BrO2. The fraction of sp³-hybridized carbons (Fsp3) is 0.385. The third-order valence-corrected chi connectivity index (χ3v) is 4.37. The Kier molecular flexibility index (Phi) is 2.25. The van der Waals surface area contributed by atoms with Gasteiger partial charge < -0.3 is 9.47 Å². The van der Waals surface area contributed by atoms with E-state index < -0.39 is 0 Å². The number of rotatable bonds is 2. The van der Waals surface area contributed by atoms with Crippen LogP contribution in [0.1, 0.15) is 29.4 Å². The summed E-state index contributed by atoms with van der Waals surface area (Å²) in [5.74, 6) is 2.91. The standard InChI is InChI=1S/C13H13BrO2/c1-15-10-3-4-11(16-2)13-8-5-7(12(10)13)6-9(8)14/h3-4,6-8H,5H2,1-2H3/t7-,8+/m1/s1. The quantitative estimate of drug-likeness (QED) is 0.825. The molecule has 0 N–H and O–H groups in total. The number of ether oxygens (including phenoxy) is 2. The van der Waals surface area contributed by atoms with Crippen LogP contribution in [0.4, 0.5) is 0 Å². The molecule has 84 valence electrons. The molecule has 1 aromatic carbocycles. The fourth-order valence-corrected chi connectivity index (χ4v) is 3.63. The van der Waals surface area contributed by atoms with Crippen LogP contribution >= 0.6 is 15.9 Å². The Hall–Kier alpha value is -0.960. The average molecular weight is 281 g/mol. The Labute approximate surface area is 103 Å². The molecule has 0 aliphatic heterocycles. The van der Waals surface area contributed by atoms with Crippen molar-refractivity contribution in [1.82, 2.24) is 0 Å². The highest BCUT2D eigenvalue weighted by Crippen LogP contribution is 2.59. The number of hydrogen-bond acceptors (Lipinski definition) is 2. The molecule has 0 saturated heterocycles. The van der Waals surface area contributed by atoms with Crippen molar-refractivity contribution < 1.29 is 9.47 Å². The summed E-state index contributed by atoms with van der Waals surface area (Å²) >= 11 is 3.64. The van der Waals surface area contributed by atoms with E-state index in [4.69, 9.17) is 9.47 Å². The van der Waals surface area contributed by atoms with Gasteiger partial charge in [-0.25, -0.2) is 0 Å². The maximum atomic E-state index is 5.45. The zero-order valence-corrected chi connectivity index (χ0v) is 10.9. The highest BCUT2D eigenvalue weighted by atomic mass is 79.9. The van der Waals surface area contributed by atoms with Gasteiger partial charge in [-0.3, -0.25) is 0 Å². The average Bonchev–Trinajstić information content (AvgIpc) is 2.85. The molecule has 16 heavy (non-hydrogen) atoms. The minimum absolute atomic E-state index is 0.463. The largest absolute Gasteiger partial charge is 0.496 e. The van der Waals surface area contributed by atoms with E-state index in [9.17, 15) is 0 Å². The SMILES string of the molecule is COc1ccc(OC)c2c1[C@H]1C=C(Br)[C@@H]2C1. The van der Waals surface area contributed by atoms with Crippen molar-refractivity contribution in [3.05, 3.63) is 33.8 Å². The molecule has 0 unspecified atom stereocenters. The van der Waals surface area contributed by atoms with Crippen LogP contribution in [-0.2, 0) is 0 Å². The van der Waals surface area contributed by atoms with Crippen LogP contribution in [0.5, 0.6) is 11.5 Å². The summed E-state index contributed by atoms with van der Waals surface area (Å²) in [4.78, 5) is 0. The lowest BCUT2D eigenvalue weighted by atomic mass is 9.95. The summed E-state index contributed by atoms with van der Waals surface area (Å²) in [5, 5.41) is 0. The Bertz CT molecular complexity index is 479. The molecule has 3 heteroatoms. The minimum atomic E-state index is 0.463. The maximum absolute atomic E-state index is 5.45. The van der Waals surface area contributed by atoms with Gasteiger partial charge in [0.15, 0.2) is 0 Å². The summed E-state index contributed by atoms with van der Waals surface area (Å²) in [6.07, 6.45) is 3.43. The van der Waals surface area contributed by atoms with Crippen molar-refractivity contribution in [3.8, 4) is 11.5 Å². The highest BCUT2D eigenvalue weighted by molar-refractivity contribution is 9.11. The maximum Gasteiger partial charge on any atom is 0.123 e. The van der Waals surface area contributed by atoms with Crippen LogP contribution < -0.4 is 9.47 Å². The molecule has 2 aliphatic carbocycles. The van der Waals surface area contributed by atoms with Gasteiger partial charge in [-0.1, -0.05) is 22.0 Å². The van der Waals surface area contributed by atoms with Crippen molar-refractivity contribution in [3.63, 3.8) is 0 Å². The van der Waals surface area contributed by atoms with Crippen molar-refractivity contribution >= 4 is 15.9 Å². The van der Waals surface area contributed by atoms with Gasteiger partial charge in [0.25, 0.3) is 0 Å². The number of methoxy groups -OCH3 is 2. The van der Waals surface area contributed by atoms with Crippen LogP contribution in [0.3, 0.4) is 0 Å². The van der Waals surface area contributed by atoms with Gasteiger partial charge in [0.05, 0.1) is 14.2 Å². The number of halogens is 1. The number of hydrogen-bond donors (Lipinski definition) is 0. The molecule has 0 fully saturated rings. The topological polar surface area (TPSA) is 18.5 Å². The predicted octanol–water partition coefficient (Wildman–Crippen LogP) is 3.57. The first-order chi connectivity index (χ1) is 7.76. The van der Waals surface area contributed by atoms with Crippen LogP contribution in [0.25, 0.3) is 0 Å². The first-order valence-corrected chi connectivity index (χ1v) is 6.17. The zero-order chi connectivity index (χ0) is 11.3. The van der Waals surface area contributed by atoms with Crippen molar-refractivity contribution in [2.75, 3.05) is 14.2 Å². The monoisotopic (exact) mass is 280 g/mol. The van der Waals surface area contributed by atoms with Crippen molar-refractivity contribution in [2.45, 2.75) is 18.3 Å². The second-order valence-electron chi connectivity index (χ2n) is 4.24. The molecular weight excluding hydrogens is 268 g/mol. The summed E-state index contributed by atoms with van der Waals surface area (Å²) < 4.78 is 12.2. The molecule has 0 radical (unpaired) electrons. The smallest absolute Gasteiger partial charge is 0.123 e. The highest BCUT2D eigenvalue weighted by Gasteiger charge is 2.41. The summed E-state index contributed by atoms with van der Waals surface area (Å²) in [6, 6.07) is 4.00. The van der Waals surface area contributed by atoms with Crippen LogP contribution in [0.2, 0.25) is 0 Å². The summed E-state index contributed by atoms with van der Waals surface area (Å²) in [5.41, 5.74) is 2.62. The Morgan fingerprint density at radius 3 is 2.38 bits per heavy atom. The van der Waals surface area contributed by atoms with Gasteiger partial charge in [0.2, 0.25) is 0 Å². The summed E-state index contributed by atoms with van der Waals surface area (Å²) in [7, 11) is 3.46. The molecule has 0 aromatic heterocycles. The van der Waals surface area contributed by atoms with Gasteiger partial charge in [-0.05, 0) is 23.0 Å². The van der Waals surface area contributed by atoms with E-state index in [1.165, 1.54) is 15.6 Å². The minimum Gasteiger partial charge on any atom is -0.496 e. The number of fused-ring (bicyclic) bond motifs is 5. The molecule has 2 atom stereocenters. The summed E-state index contributed by atoms with van der Waals surface area (Å²) in [6.45, 7) is 0. The van der Waals surface area contributed by atoms with Gasteiger partial charge in [-0.2, -0.15) is 0 Å². The normalized spacial score (nSPS) is 25.3. The number of allylic oxidation sites excluding steroid dienone is 2. The Balaban J connectivity index is 2.23. The van der Waals surface area contributed by atoms with E-state index >= 15 is 0 Å². The molecule has 0 amide bonds. The lowest BCUT2D eigenvalue weighted by Gasteiger charge is -2.19. The van der Waals surface area contributed by atoms with E-state index in [2.05, 4.69) is 22.0 Å².